The van der Waals surface area contributed by atoms with Crippen LogP contribution in [0.4, 0.5) is 5.69 Å². The van der Waals surface area contributed by atoms with E-state index in [1.165, 1.54) is 11.1 Å². The highest BCUT2D eigenvalue weighted by Gasteiger charge is 2.03. The number of primary amides is 1. The van der Waals surface area contributed by atoms with Crippen molar-refractivity contribution in [1.82, 2.24) is 5.32 Å². The molecule has 0 atom stereocenters. The maximum absolute atomic E-state index is 10.7. The minimum Gasteiger partial charge on any atom is -0.386 e. The van der Waals surface area contributed by atoms with Crippen LogP contribution in [0.1, 0.15) is 36.5 Å². The number of nitrogens with one attached hydrogen (secondary N) is 2. The van der Waals surface area contributed by atoms with Crippen molar-refractivity contribution in [3.8, 4) is 0 Å². The van der Waals surface area contributed by atoms with Crippen molar-refractivity contribution in [2.45, 2.75) is 32.6 Å². The van der Waals surface area contributed by atoms with Crippen LogP contribution in [-0.4, -0.2) is 13.0 Å². The van der Waals surface area contributed by atoms with Crippen LogP contribution in [0.5, 0.6) is 0 Å². The normalized spacial score (nSPS) is 11.6. The van der Waals surface area contributed by atoms with E-state index in [-0.39, 0.29) is 12.3 Å². The standard InChI is InChI=1S/C29H35N3O/c1-5-9-24-12-14-26(15-13-24)21-28(31-4)23(3)32-27-18-16-25(17-19-27)20-22(2)10-7-6-8-11-29(30)33/h6-8,10,12-19,21,31-32H,2-3,5,9,11,20H2,1,4H3,(H2,30,33)/b8-6-,10-7-,28-21-. The predicted octanol–water partition coefficient (Wildman–Crippen LogP) is 5.91. The molecule has 4 nitrogen and oxygen atoms in total. The summed E-state index contributed by atoms with van der Waals surface area (Å²) in [6.45, 7) is 10.5. The zero-order valence-electron chi connectivity index (χ0n) is 19.7. The molecule has 0 radical (unpaired) electrons. The van der Waals surface area contributed by atoms with E-state index in [9.17, 15) is 4.79 Å². The van der Waals surface area contributed by atoms with Gasteiger partial charge in [-0.2, -0.15) is 0 Å². The number of hydrogen-bond acceptors (Lipinski definition) is 3. The number of carbonyl (C=O) groups excluding carboxylic acids is 1. The quantitative estimate of drug-likeness (QED) is 0.338. The van der Waals surface area contributed by atoms with Gasteiger partial charge in [0.2, 0.25) is 5.91 Å². The van der Waals surface area contributed by atoms with Gasteiger partial charge in [-0.1, -0.05) is 92.8 Å². The minimum atomic E-state index is -0.340. The van der Waals surface area contributed by atoms with Gasteiger partial charge >= 0.3 is 0 Å². The second kappa shape index (κ2) is 13.6. The van der Waals surface area contributed by atoms with E-state index in [1.54, 1.807) is 12.2 Å². The Labute approximate surface area is 198 Å². The number of carbonyl (C=O) groups is 1. The summed E-state index contributed by atoms with van der Waals surface area (Å²) in [6, 6.07) is 16.9. The monoisotopic (exact) mass is 441 g/mol. The molecule has 2 aromatic rings. The fraction of sp³-hybridized carbons (Fsp3) is 0.207. The summed E-state index contributed by atoms with van der Waals surface area (Å²) in [6.07, 6.45) is 12.7. The molecule has 0 fully saturated rings. The Morgan fingerprint density at radius 2 is 1.67 bits per heavy atom. The van der Waals surface area contributed by atoms with E-state index < -0.39 is 0 Å². The molecule has 0 spiro atoms. The predicted molar refractivity (Wildman–Crippen MR) is 142 cm³/mol. The summed E-state index contributed by atoms with van der Waals surface area (Å²) in [4.78, 5) is 10.7. The first-order chi connectivity index (χ1) is 15.9. The van der Waals surface area contributed by atoms with Crippen LogP contribution in [0.15, 0.2) is 103 Å². The van der Waals surface area contributed by atoms with Crippen molar-refractivity contribution in [2.24, 2.45) is 5.73 Å². The molecule has 33 heavy (non-hydrogen) atoms. The Kier molecular flexibility index (Phi) is 10.5. The first-order valence-electron chi connectivity index (χ1n) is 11.2. The first-order valence-corrected chi connectivity index (χ1v) is 11.2. The van der Waals surface area contributed by atoms with Crippen LogP contribution >= 0.6 is 0 Å². The van der Waals surface area contributed by atoms with Crippen molar-refractivity contribution in [3.63, 3.8) is 0 Å². The molecule has 0 saturated heterocycles. The maximum atomic E-state index is 10.7. The number of allylic oxidation sites excluding steroid dienone is 4. The van der Waals surface area contributed by atoms with Gasteiger partial charge in [0, 0.05) is 19.2 Å². The summed E-state index contributed by atoms with van der Waals surface area (Å²) in [5.74, 6) is -0.340. The van der Waals surface area contributed by atoms with Crippen molar-refractivity contribution in [3.05, 3.63) is 120 Å². The third-order valence-electron chi connectivity index (χ3n) is 5.00. The Bertz CT molecular complexity index is 1030. The second-order valence-electron chi connectivity index (χ2n) is 7.89. The number of amides is 1. The fourth-order valence-corrected chi connectivity index (χ4v) is 3.27. The first kappa shape index (κ1) is 25.5. The largest absolute Gasteiger partial charge is 0.386 e. The van der Waals surface area contributed by atoms with Crippen LogP contribution in [0.2, 0.25) is 0 Å². The van der Waals surface area contributed by atoms with Gasteiger partial charge in [-0.3, -0.25) is 4.79 Å². The zero-order chi connectivity index (χ0) is 24.1. The van der Waals surface area contributed by atoms with Crippen molar-refractivity contribution >= 4 is 17.7 Å². The number of nitrogens with two attached hydrogens (primary N) is 1. The lowest BCUT2D eigenvalue weighted by Crippen LogP contribution is -2.13. The molecule has 4 heteroatoms. The van der Waals surface area contributed by atoms with Crippen LogP contribution in [0.25, 0.3) is 6.08 Å². The van der Waals surface area contributed by atoms with Crippen molar-refractivity contribution < 1.29 is 4.79 Å². The lowest BCUT2D eigenvalue weighted by molar-refractivity contribution is -0.117. The van der Waals surface area contributed by atoms with Crippen LogP contribution in [0, 0.1) is 0 Å². The molecule has 2 aromatic carbocycles. The summed E-state index contributed by atoms with van der Waals surface area (Å²) >= 11 is 0. The van der Waals surface area contributed by atoms with Gasteiger partial charge in [-0.25, -0.2) is 0 Å². The van der Waals surface area contributed by atoms with E-state index in [0.717, 1.165) is 47.5 Å². The van der Waals surface area contributed by atoms with Gasteiger partial charge in [0.25, 0.3) is 0 Å². The molecule has 0 aliphatic rings. The Balaban J connectivity index is 1.93. The van der Waals surface area contributed by atoms with Gasteiger partial charge in [-0.15, -0.1) is 0 Å². The van der Waals surface area contributed by atoms with Crippen LogP contribution in [0.3, 0.4) is 0 Å². The molecule has 0 aliphatic carbocycles. The lowest BCUT2D eigenvalue weighted by atomic mass is 10.1. The maximum Gasteiger partial charge on any atom is 0.221 e. The molecule has 0 aliphatic heterocycles. The number of anilines is 1. The van der Waals surface area contributed by atoms with Crippen LogP contribution < -0.4 is 16.4 Å². The van der Waals surface area contributed by atoms with Gasteiger partial charge in [-0.05, 0) is 47.7 Å². The molecule has 172 valence electrons. The summed E-state index contributed by atoms with van der Waals surface area (Å²) in [5, 5.41) is 6.61. The molecule has 0 bridgehead atoms. The minimum absolute atomic E-state index is 0.242. The molecule has 4 N–H and O–H groups in total. The zero-order valence-corrected chi connectivity index (χ0v) is 19.7. The fourth-order valence-electron chi connectivity index (χ4n) is 3.27. The average molecular weight is 442 g/mol. The highest BCUT2D eigenvalue weighted by molar-refractivity contribution is 5.75. The third kappa shape index (κ3) is 9.48. The number of rotatable bonds is 13. The Morgan fingerprint density at radius 1 is 1.00 bits per heavy atom. The van der Waals surface area contributed by atoms with Gasteiger partial charge < -0.3 is 16.4 Å². The molecular formula is C29H35N3O. The molecule has 0 saturated carbocycles. The highest BCUT2D eigenvalue weighted by Crippen LogP contribution is 2.18. The number of aryl methyl sites for hydroxylation is 1. The molecule has 0 heterocycles. The van der Waals surface area contributed by atoms with E-state index >= 15 is 0 Å². The average Bonchev–Trinajstić information content (AvgIpc) is 2.79. The van der Waals surface area contributed by atoms with Crippen molar-refractivity contribution in [1.29, 1.82) is 0 Å². The highest BCUT2D eigenvalue weighted by atomic mass is 16.1. The van der Waals surface area contributed by atoms with Gasteiger partial charge in [0.05, 0.1) is 11.4 Å². The van der Waals surface area contributed by atoms with E-state index in [1.807, 2.05) is 31.3 Å². The van der Waals surface area contributed by atoms with Gasteiger partial charge in [0.1, 0.15) is 0 Å². The van der Waals surface area contributed by atoms with Crippen LogP contribution in [-0.2, 0) is 17.6 Å². The smallest absolute Gasteiger partial charge is 0.221 e. The molecule has 1 amide bonds. The van der Waals surface area contributed by atoms with Crippen molar-refractivity contribution in [2.75, 3.05) is 12.4 Å². The number of benzene rings is 2. The van der Waals surface area contributed by atoms with E-state index in [2.05, 4.69) is 73.2 Å². The SMILES string of the molecule is C=C(/C=C\C=C/CC(N)=O)Cc1ccc(NC(=C)/C(=C/c2ccc(CCC)cc2)NC)cc1. The third-order valence-corrected chi connectivity index (χ3v) is 5.00. The lowest BCUT2D eigenvalue weighted by Gasteiger charge is -2.14. The molecule has 2 rings (SSSR count). The molecular weight excluding hydrogens is 406 g/mol. The topological polar surface area (TPSA) is 67.2 Å². The molecule has 0 aromatic heterocycles. The summed E-state index contributed by atoms with van der Waals surface area (Å²) in [5.41, 5.74) is 12.4. The summed E-state index contributed by atoms with van der Waals surface area (Å²) < 4.78 is 0. The Morgan fingerprint density at radius 3 is 2.27 bits per heavy atom. The number of likely N-dealkylation sites (N-methyl/N-ethyl adjacent to an activating group) is 1. The van der Waals surface area contributed by atoms with E-state index in [0.29, 0.717) is 0 Å². The number of hydrogen-bond donors (Lipinski definition) is 3. The Hall–Kier alpha value is -3.79. The van der Waals surface area contributed by atoms with Gasteiger partial charge in [0.15, 0.2) is 0 Å². The summed E-state index contributed by atoms with van der Waals surface area (Å²) in [7, 11) is 1.90. The molecule has 0 unspecified atom stereocenters. The second-order valence-corrected chi connectivity index (χ2v) is 7.89. The van der Waals surface area contributed by atoms with E-state index in [4.69, 9.17) is 5.73 Å².